The second-order valence-electron chi connectivity index (χ2n) is 6.29. The molecule has 27 heavy (non-hydrogen) atoms. The van der Waals surface area contributed by atoms with Crippen LogP contribution in [0.3, 0.4) is 0 Å². The summed E-state index contributed by atoms with van der Waals surface area (Å²) in [5.41, 5.74) is 0.456. The zero-order chi connectivity index (χ0) is 19.6. The number of carbonyl (C=O) groups excluding carboxylic acids is 3. The van der Waals surface area contributed by atoms with Crippen LogP contribution in [0.15, 0.2) is 29.2 Å². The SMILES string of the molecule is CCCN1C(=O)C(=O)N(Cc2cccc(S(=O)(=O)N3CCOCC3)c2)C1=O. The molecule has 0 saturated carbocycles. The fraction of sp³-hybridized carbons (Fsp3) is 0.471. The number of imide groups is 2. The number of nitrogens with zero attached hydrogens (tertiary/aromatic N) is 3. The number of hydrogen-bond donors (Lipinski definition) is 0. The number of urea groups is 1. The predicted molar refractivity (Wildman–Crippen MR) is 94.0 cm³/mol. The summed E-state index contributed by atoms with van der Waals surface area (Å²) >= 11 is 0. The zero-order valence-electron chi connectivity index (χ0n) is 15.0. The lowest BCUT2D eigenvalue weighted by molar-refractivity contribution is -0.143. The van der Waals surface area contributed by atoms with Crippen molar-refractivity contribution in [2.45, 2.75) is 24.8 Å². The fourth-order valence-corrected chi connectivity index (χ4v) is 4.51. The highest BCUT2D eigenvalue weighted by atomic mass is 32.2. The first-order valence-corrected chi connectivity index (χ1v) is 10.1. The minimum atomic E-state index is -3.69. The second kappa shape index (κ2) is 7.75. The van der Waals surface area contributed by atoms with Crippen LogP contribution in [0.5, 0.6) is 0 Å². The molecule has 0 aromatic heterocycles. The summed E-state index contributed by atoms with van der Waals surface area (Å²) in [6.07, 6.45) is 0.547. The topological polar surface area (TPSA) is 104 Å². The van der Waals surface area contributed by atoms with Crippen LogP contribution in [0.1, 0.15) is 18.9 Å². The maximum absolute atomic E-state index is 12.8. The lowest BCUT2D eigenvalue weighted by atomic mass is 10.2. The summed E-state index contributed by atoms with van der Waals surface area (Å²) < 4.78 is 32.0. The van der Waals surface area contributed by atoms with Gasteiger partial charge in [0.25, 0.3) is 0 Å². The van der Waals surface area contributed by atoms with Crippen LogP contribution in [0.25, 0.3) is 0 Å². The van der Waals surface area contributed by atoms with E-state index < -0.39 is 27.9 Å². The maximum Gasteiger partial charge on any atom is 0.334 e. The standard InChI is InChI=1S/C17H21N3O6S/c1-2-6-19-15(21)16(22)20(17(19)23)12-13-4-3-5-14(11-13)27(24,25)18-7-9-26-10-8-18/h3-5,11H,2,6-10,12H2,1H3. The molecule has 0 atom stereocenters. The molecule has 2 fully saturated rings. The summed E-state index contributed by atoms with van der Waals surface area (Å²) in [4.78, 5) is 38.2. The molecule has 0 radical (unpaired) electrons. The number of sulfonamides is 1. The molecule has 0 N–H and O–H groups in total. The third-order valence-corrected chi connectivity index (χ3v) is 6.32. The summed E-state index contributed by atoms with van der Waals surface area (Å²) in [7, 11) is -3.69. The van der Waals surface area contributed by atoms with Crippen molar-refractivity contribution < 1.29 is 27.5 Å². The molecular weight excluding hydrogens is 374 g/mol. The Labute approximate surface area is 157 Å². The molecule has 2 aliphatic rings. The molecule has 9 nitrogen and oxygen atoms in total. The first-order chi connectivity index (χ1) is 12.9. The quantitative estimate of drug-likeness (QED) is 0.510. The minimum absolute atomic E-state index is 0.0812. The van der Waals surface area contributed by atoms with Crippen molar-refractivity contribution in [1.29, 1.82) is 0 Å². The number of carbonyl (C=O) groups is 3. The lowest BCUT2D eigenvalue weighted by Gasteiger charge is -2.26. The Morgan fingerprint density at radius 3 is 2.37 bits per heavy atom. The number of morpholine rings is 1. The summed E-state index contributed by atoms with van der Waals surface area (Å²) in [5, 5.41) is 0. The van der Waals surface area contributed by atoms with E-state index in [-0.39, 0.29) is 31.1 Å². The number of hydrogen-bond acceptors (Lipinski definition) is 6. The van der Waals surface area contributed by atoms with Crippen LogP contribution in [-0.4, -0.2) is 73.2 Å². The highest BCUT2D eigenvalue weighted by Gasteiger charge is 2.43. The zero-order valence-corrected chi connectivity index (χ0v) is 15.8. The fourth-order valence-electron chi connectivity index (χ4n) is 3.03. The van der Waals surface area contributed by atoms with Crippen LogP contribution in [0.2, 0.25) is 0 Å². The summed E-state index contributed by atoms with van der Waals surface area (Å²) in [5.74, 6) is -1.74. The Morgan fingerprint density at radius 1 is 1.04 bits per heavy atom. The maximum atomic E-state index is 12.8. The van der Waals surface area contributed by atoms with Crippen molar-refractivity contribution in [2.24, 2.45) is 0 Å². The molecule has 2 aliphatic heterocycles. The number of rotatable bonds is 6. The van der Waals surface area contributed by atoms with Gasteiger partial charge in [0, 0.05) is 19.6 Å². The molecule has 10 heteroatoms. The molecule has 0 unspecified atom stereocenters. The first-order valence-electron chi connectivity index (χ1n) is 8.70. The first kappa shape index (κ1) is 19.5. The molecule has 0 spiro atoms. The molecule has 146 valence electrons. The Hall–Kier alpha value is -2.30. The number of ether oxygens (including phenoxy) is 1. The molecule has 0 bridgehead atoms. The molecule has 3 rings (SSSR count). The van der Waals surface area contributed by atoms with E-state index >= 15 is 0 Å². The van der Waals surface area contributed by atoms with Crippen LogP contribution < -0.4 is 0 Å². The van der Waals surface area contributed by atoms with E-state index in [1.807, 2.05) is 0 Å². The monoisotopic (exact) mass is 395 g/mol. The van der Waals surface area contributed by atoms with Crippen molar-refractivity contribution in [3.63, 3.8) is 0 Å². The van der Waals surface area contributed by atoms with E-state index in [2.05, 4.69) is 0 Å². The van der Waals surface area contributed by atoms with E-state index in [4.69, 9.17) is 4.74 Å². The van der Waals surface area contributed by atoms with E-state index in [0.717, 1.165) is 9.80 Å². The van der Waals surface area contributed by atoms with E-state index in [9.17, 15) is 22.8 Å². The highest BCUT2D eigenvalue weighted by molar-refractivity contribution is 7.89. The molecule has 1 aromatic carbocycles. The molecule has 2 saturated heterocycles. The van der Waals surface area contributed by atoms with Gasteiger partial charge in [-0.05, 0) is 24.1 Å². The Balaban J connectivity index is 1.81. The predicted octanol–water partition coefficient (Wildman–Crippen LogP) is 0.408. The molecule has 4 amide bonds. The van der Waals surface area contributed by atoms with Gasteiger partial charge in [-0.25, -0.2) is 13.2 Å². The van der Waals surface area contributed by atoms with Crippen LogP contribution in [0, 0.1) is 0 Å². The van der Waals surface area contributed by atoms with Gasteiger partial charge < -0.3 is 4.74 Å². The second-order valence-corrected chi connectivity index (χ2v) is 8.23. The van der Waals surface area contributed by atoms with Crippen molar-refractivity contribution >= 4 is 27.9 Å². The summed E-state index contributed by atoms with van der Waals surface area (Å²) in [6, 6.07) is 5.40. The molecule has 0 aliphatic carbocycles. The molecular formula is C17H21N3O6S. The smallest absolute Gasteiger partial charge is 0.334 e. The van der Waals surface area contributed by atoms with Gasteiger partial charge in [0.2, 0.25) is 10.0 Å². The van der Waals surface area contributed by atoms with Crippen molar-refractivity contribution in [3.05, 3.63) is 29.8 Å². The van der Waals surface area contributed by atoms with Gasteiger partial charge in [-0.2, -0.15) is 4.31 Å². The van der Waals surface area contributed by atoms with E-state index in [0.29, 0.717) is 25.2 Å². The van der Waals surface area contributed by atoms with Gasteiger partial charge >= 0.3 is 17.8 Å². The van der Waals surface area contributed by atoms with Gasteiger partial charge in [-0.3, -0.25) is 19.4 Å². The van der Waals surface area contributed by atoms with Gasteiger partial charge in [-0.1, -0.05) is 19.1 Å². The minimum Gasteiger partial charge on any atom is -0.379 e. The van der Waals surface area contributed by atoms with Crippen molar-refractivity contribution in [2.75, 3.05) is 32.8 Å². The van der Waals surface area contributed by atoms with E-state index in [1.54, 1.807) is 19.1 Å². The number of amides is 4. The van der Waals surface area contributed by atoms with Crippen LogP contribution in [0.4, 0.5) is 4.79 Å². The lowest BCUT2D eigenvalue weighted by Crippen LogP contribution is -2.40. The number of benzene rings is 1. The van der Waals surface area contributed by atoms with Crippen molar-refractivity contribution in [3.8, 4) is 0 Å². The average molecular weight is 395 g/mol. The molecule has 2 heterocycles. The summed E-state index contributed by atoms with van der Waals surface area (Å²) in [6.45, 7) is 3.04. The Kier molecular flexibility index (Phi) is 5.59. The van der Waals surface area contributed by atoms with Crippen molar-refractivity contribution in [1.82, 2.24) is 14.1 Å². The van der Waals surface area contributed by atoms with Crippen LogP contribution in [-0.2, 0) is 30.9 Å². The molecule has 1 aromatic rings. The Morgan fingerprint density at radius 2 is 1.70 bits per heavy atom. The van der Waals surface area contributed by atoms with E-state index in [1.165, 1.54) is 16.4 Å². The Bertz CT molecular complexity index is 863. The average Bonchev–Trinajstić information content (AvgIpc) is 2.87. The third kappa shape index (κ3) is 3.73. The van der Waals surface area contributed by atoms with Gasteiger partial charge in [0.05, 0.1) is 24.7 Å². The van der Waals surface area contributed by atoms with Crippen LogP contribution >= 0.6 is 0 Å². The highest BCUT2D eigenvalue weighted by Crippen LogP contribution is 2.21. The third-order valence-electron chi connectivity index (χ3n) is 4.43. The largest absolute Gasteiger partial charge is 0.379 e. The normalized spacial score (nSPS) is 19.2. The van der Waals surface area contributed by atoms with Gasteiger partial charge in [0.15, 0.2) is 0 Å². The van der Waals surface area contributed by atoms with Gasteiger partial charge in [-0.15, -0.1) is 0 Å². The van der Waals surface area contributed by atoms with Gasteiger partial charge in [0.1, 0.15) is 0 Å².